The molecule has 18 heavy (non-hydrogen) atoms. The average molecular weight is 242 g/mol. The Bertz CT molecular complexity index is 472. The Morgan fingerprint density at radius 3 is 1.78 bits per heavy atom. The Hall–Kier alpha value is -2.09. The predicted molar refractivity (Wildman–Crippen MR) is 74.8 cm³/mol. The number of benzene rings is 2. The van der Waals surface area contributed by atoms with Gasteiger partial charge in [-0.2, -0.15) is 0 Å². The van der Waals surface area contributed by atoms with E-state index in [1.165, 1.54) is 6.42 Å². The summed E-state index contributed by atoms with van der Waals surface area (Å²) in [5.41, 5.74) is 2.43. The lowest BCUT2D eigenvalue weighted by molar-refractivity contribution is 0.0697. The zero-order valence-electron chi connectivity index (χ0n) is 10.8. The van der Waals surface area contributed by atoms with E-state index < -0.39 is 5.97 Å². The van der Waals surface area contributed by atoms with Crippen LogP contribution in [0.1, 0.15) is 30.6 Å². The van der Waals surface area contributed by atoms with Gasteiger partial charge in [0.25, 0.3) is 0 Å². The summed E-state index contributed by atoms with van der Waals surface area (Å²) in [7, 11) is 0. The first-order valence-electron chi connectivity index (χ1n) is 6.07. The van der Waals surface area contributed by atoms with E-state index in [1.807, 2.05) is 42.5 Å². The van der Waals surface area contributed by atoms with Crippen LogP contribution >= 0.6 is 0 Å². The molecule has 94 valence electrons. The van der Waals surface area contributed by atoms with Crippen molar-refractivity contribution in [2.45, 2.75) is 20.3 Å². The van der Waals surface area contributed by atoms with E-state index >= 15 is 0 Å². The molecule has 0 heterocycles. The van der Waals surface area contributed by atoms with Crippen LogP contribution in [0, 0.1) is 0 Å². The van der Waals surface area contributed by atoms with E-state index in [-0.39, 0.29) is 0 Å². The molecule has 0 aliphatic heterocycles. The molecule has 0 amide bonds. The summed E-state index contributed by atoms with van der Waals surface area (Å²) in [6, 6.07) is 16.7. The smallest absolute Gasteiger partial charge is 0.335 e. The molecule has 2 heteroatoms. The molecule has 2 aromatic carbocycles. The van der Waals surface area contributed by atoms with E-state index in [0.29, 0.717) is 5.56 Å². The molecule has 0 bridgehead atoms. The molecule has 0 saturated carbocycles. The van der Waals surface area contributed by atoms with E-state index in [9.17, 15) is 4.79 Å². The van der Waals surface area contributed by atoms with Gasteiger partial charge in [-0.1, -0.05) is 62.7 Å². The molecule has 2 rings (SSSR count). The molecule has 0 aliphatic carbocycles. The molecule has 2 nitrogen and oxygen atoms in total. The fraction of sp³-hybridized carbons (Fsp3) is 0.188. The third kappa shape index (κ3) is 4.06. The summed E-state index contributed by atoms with van der Waals surface area (Å²) < 4.78 is 0. The first-order chi connectivity index (χ1) is 8.69. The first kappa shape index (κ1) is 14.0. The van der Waals surface area contributed by atoms with E-state index in [0.717, 1.165) is 11.1 Å². The summed E-state index contributed by atoms with van der Waals surface area (Å²) in [5, 5.41) is 8.75. The highest BCUT2D eigenvalue weighted by atomic mass is 16.4. The molecule has 0 spiro atoms. The standard InChI is InChI=1S/C13H10O2.C3H8/c14-13(15)12-8-6-11(7-9-12)10-4-2-1-3-5-10;1-3-2/h1-9H,(H,14,15);3H2,1-2H3. The van der Waals surface area contributed by atoms with Crippen molar-refractivity contribution >= 4 is 5.97 Å². The van der Waals surface area contributed by atoms with Crippen molar-refractivity contribution in [2.24, 2.45) is 0 Å². The molecule has 0 aliphatic rings. The topological polar surface area (TPSA) is 37.3 Å². The quantitative estimate of drug-likeness (QED) is 0.843. The van der Waals surface area contributed by atoms with Gasteiger partial charge in [-0.15, -0.1) is 0 Å². The van der Waals surface area contributed by atoms with Crippen molar-refractivity contribution in [2.75, 3.05) is 0 Å². The lowest BCUT2D eigenvalue weighted by atomic mass is 10.0. The number of rotatable bonds is 2. The van der Waals surface area contributed by atoms with Gasteiger partial charge < -0.3 is 5.11 Å². The van der Waals surface area contributed by atoms with Crippen LogP contribution in [0.5, 0.6) is 0 Å². The Balaban J connectivity index is 0.000000492. The molecule has 0 atom stereocenters. The summed E-state index contributed by atoms with van der Waals surface area (Å²) in [4.78, 5) is 10.6. The highest BCUT2D eigenvalue weighted by molar-refractivity contribution is 5.88. The van der Waals surface area contributed by atoms with E-state index in [2.05, 4.69) is 13.8 Å². The van der Waals surface area contributed by atoms with Crippen LogP contribution < -0.4 is 0 Å². The SMILES string of the molecule is CCC.O=C(O)c1ccc(-c2ccccc2)cc1. The van der Waals surface area contributed by atoms with Crippen molar-refractivity contribution in [3.63, 3.8) is 0 Å². The van der Waals surface area contributed by atoms with E-state index in [1.54, 1.807) is 12.1 Å². The maximum atomic E-state index is 10.6. The summed E-state index contributed by atoms with van der Waals surface area (Å²) in [5.74, 6) is -0.894. The highest BCUT2D eigenvalue weighted by Gasteiger charge is 2.02. The minimum atomic E-state index is -0.894. The van der Waals surface area contributed by atoms with E-state index in [4.69, 9.17) is 5.11 Å². The van der Waals surface area contributed by atoms with Gasteiger partial charge in [-0.05, 0) is 23.3 Å². The Kier molecular flexibility index (Phi) is 5.65. The highest BCUT2D eigenvalue weighted by Crippen LogP contribution is 2.18. The van der Waals surface area contributed by atoms with Gasteiger partial charge in [0.15, 0.2) is 0 Å². The largest absolute Gasteiger partial charge is 0.478 e. The van der Waals surface area contributed by atoms with Gasteiger partial charge in [0.2, 0.25) is 0 Å². The number of hydrogen-bond acceptors (Lipinski definition) is 1. The van der Waals surface area contributed by atoms with Gasteiger partial charge >= 0.3 is 5.97 Å². The number of carboxylic acids is 1. The fourth-order valence-electron chi connectivity index (χ4n) is 1.44. The van der Waals surface area contributed by atoms with Gasteiger partial charge in [0.05, 0.1) is 5.56 Å². The van der Waals surface area contributed by atoms with Gasteiger partial charge in [0, 0.05) is 0 Å². The zero-order chi connectivity index (χ0) is 13.4. The second-order valence-corrected chi connectivity index (χ2v) is 3.96. The Labute approximate surface area is 108 Å². The van der Waals surface area contributed by atoms with Gasteiger partial charge in [-0.3, -0.25) is 0 Å². The fourth-order valence-corrected chi connectivity index (χ4v) is 1.44. The minimum Gasteiger partial charge on any atom is -0.478 e. The van der Waals surface area contributed by atoms with Crippen LogP contribution in [0.15, 0.2) is 54.6 Å². The van der Waals surface area contributed by atoms with Crippen LogP contribution in [0.2, 0.25) is 0 Å². The number of aromatic carboxylic acids is 1. The molecular weight excluding hydrogens is 224 g/mol. The van der Waals surface area contributed by atoms with Crippen LogP contribution in [-0.2, 0) is 0 Å². The third-order valence-corrected chi connectivity index (χ3v) is 2.24. The predicted octanol–water partition coefficient (Wildman–Crippen LogP) is 4.47. The van der Waals surface area contributed by atoms with Crippen molar-refractivity contribution in [3.8, 4) is 11.1 Å². The van der Waals surface area contributed by atoms with Crippen molar-refractivity contribution < 1.29 is 9.90 Å². The maximum absolute atomic E-state index is 10.6. The molecule has 1 N–H and O–H groups in total. The molecule has 2 aromatic rings. The Morgan fingerprint density at radius 1 is 0.889 bits per heavy atom. The molecular formula is C16H18O2. The molecule has 0 fully saturated rings. The zero-order valence-corrected chi connectivity index (χ0v) is 10.8. The van der Waals surface area contributed by atoms with Crippen LogP contribution in [0.25, 0.3) is 11.1 Å². The van der Waals surface area contributed by atoms with Crippen molar-refractivity contribution in [3.05, 3.63) is 60.2 Å². The monoisotopic (exact) mass is 242 g/mol. The van der Waals surface area contributed by atoms with Crippen LogP contribution in [0.4, 0.5) is 0 Å². The second-order valence-electron chi connectivity index (χ2n) is 3.96. The van der Waals surface area contributed by atoms with Crippen LogP contribution in [0.3, 0.4) is 0 Å². The minimum absolute atomic E-state index is 0.315. The lowest BCUT2D eigenvalue weighted by Gasteiger charge is -2.01. The van der Waals surface area contributed by atoms with Crippen LogP contribution in [-0.4, -0.2) is 11.1 Å². The molecule has 0 saturated heterocycles. The second kappa shape index (κ2) is 7.28. The molecule has 0 radical (unpaired) electrons. The van der Waals surface area contributed by atoms with Gasteiger partial charge in [0.1, 0.15) is 0 Å². The maximum Gasteiger partial charge on any atom is 0.335 e. The third-order valence-electron chi connectivity index (χ3n) is 2.24. The Morgan fingerprint density at radius 2 is 1.33 bits per heavy atom. The number of carbonyl (C=O) groups is 1. The first-order valence-corrected chi connectivity index (χ1v) is 6.07. The number of hydrogen-bond donors (Lipinski definition) is 1. The summed E-state index contributed by atoms with van der Waals surface area (Å²) in [6.07, 6.45) is 1.25. The normalized spacial score (nSPS) is 9.22. The molecule has 0 unspecified atom stereocenters. The van der Waals surface area contributed by atoms with Crippen molar-refractivity contribution in [1.82, 2.24) is 0 Å². The lowest BCUT2D eigenvalue weighted by Crippen LogP contribution is -1.94. The average Bonchev–Trinajstić information content (AvgIpc) is 2.41. The molecule has 0 aromatic heterocycles. The number of carboxylic acid groups (broad SMARTS) is 1. The summed E-state index contributed by atoms with van der Waals surface area (Å²) in [6.45, 7) is 4.25. The summed E-state index contributed by atoms with van der Waals surface area (Å²) >= 11 is 0. The van der Waals surface area contributed by atoms with Crippen molar-refractivity contribution in [1.29, 1.82) is 0 Å². The van der Waals surface area contributed by atoms with Gasteiger partial charge in [-0.25, -0.2) is 4.79 Å².